The molecule has 1 aliphatic heterocycles. The molecule has 1 aromatic carbocycles. The summed E-state index contributed by atoms with van der Waals surface area (Å²) in [5, 5.41) is 0.362. The van der Waals surface area contributed by atoms with E-state index in [0.717, 1.165) is 32.5 Å². The van der Waals surface area contributed by atoms with Crippen molar-refractivity contribution < 1.29 is 4.39 Å². The molecule has 0 bridgehead atoms. The number of likely N-dealkylation sites (tertiary alicyclic amines) is 1. The molecule has 1 fully saturated rings. The first-order valence-corrected chi connectivity index (χ1v) is 7.55. The van der Waals surface area contributed by atoms with Gasteiger partial charge in [-0.05, 0) is 44.0 Å². The molecule has 1 aliphatic rings. The second-order valence-corrected chi connectivity index (χ2v) is 5.79. The first kappa shape index (κ1) is 14.2. The van der Waals surface area contributed by atoms with Crippen LogP contribution in [0, 0.1) is 11.7 Å². The van der Waals surface area contributed by atoms with Gasteiger partial charge in [-0.2, -0.15) is 0 Å². The largest absolute Gasteiger partial charge is 0.303 e. The first-order chi connectivity index (χ1) is 10.2. The Kier molecular flexibility index (Phi) is 4.01. The third-order valence-corrected chi connectivity index (χ3v) is 4.17. The van der Waals surface area contributed by atoms with Crippen molar-refractivity contribution in [2.24, 2.45) is 5.92 Å². The molecule has 3 rings (SSSR count). The van der Waals surface area contributed by atoms with Gasteiger partial charge in [-0.25, -0.2) is 9.37 Å². The molecular formula is C16H20FN3O. The summed E-state index contributed by atoms with van der Waals surface area (Å²) in [6.07, 6.45) is 3.74. The van der Waals surface area contributed by atoms with E-state index in [1.807, 2.05) is 0 Å². The summed E-state index contributed by atoms with van der Waals surface area (Å²) in [5.74, 6) is 0.0359. The Morgan fingerprint density at radius 1 is 1.43 bits per heavy atom. The number of rotatable bonds is 4. The van der Waals surface area contributed by atoms with E-state index in [-0.39, 0.29) is 11.1 Å². The summed E-state index contributed by atoms with van der Waals surface area (Å²) in [4.78, 5) is 19.0. The van der Waals surface area contributed by atoms with E-state index in [4.69, 9.17) is 0 Å². The standard InChI is InChI=1S/C16H20FN3O/c1-2-7-19-8-6-12(9-19)10-20-11-18-15-13(16(20)21)4-3-5-14(15)17/h3-5,11-12H,2,6-10H2,1H3/t12-/m1/s1. The molecule has 21 heavy (non-hydrogen) atoms. The Bertz CT molecular complexity index is 697. The SMILES string of the molecule is CCCN1CC[C@@H](Cn2cnc3c(F)cccc3c2=O)C1. The van der Waals surface area contributed by atoms with Crippen molar-refractivity contribution in [3.05, 3.63) is 40.7 Å². The Labute approximate surface area is 123 Å². The van der Waals surface area contributed by atoms with Crippen molar-refractivity contribution in [1.82, 2.24) is 14.5 Å². The third kappa shape index (κ3) is 2.83. The minimum absolute atomic E-state index is 0.145. The summed E-state index contributed by atoms with van der Waals surface area (Å²) in [7, 11) is 0. The molecule has 112 valence electrons. The lowest BCUT2D eigenvalue weighted by atomic mass is 10.1. The highest BCUT2D eigenvalue weighted by Gasteiger charge is 2.22. The summed E-state index contributed by atoms with van der Waals surface area (Å²) in [5.41, 5.74) is 0.0197. The number of hydrogen-bond donors (Lipinski definition) is 0. The van der Waals surface area contributed by atoms with E-state index in [0.29, 0.717) is 17.8 Å². The van der Waals surface area contributed by atoms with Crippen LogP contribution >= 0.6 is 0 Å². The zero-order valence-corrected chi connectivity index (χ0v) is 12.3. The van der Waals surface area contributed by atoms with Crippen molar-refractivity contribution in [3.63, 3.8) is 0 Å². The number of benzene rings is 1. The molecule has 4 nitrogen and oxygen atoms in total. The molecule has 0 amide bonds. The minimum atomic E-state index is -0.438. The van der Waals surface area contributed by atoms with Gasteiger partial charge in [0.15, 0.2) is 0 Å². The lowest BCUT2D eigenvalue weighted by Gasteiger charge is -2.15. The fourth-order valence-corrected chi connectivity index (χ4v) is 3.14. The van der Waals surface area contributed by atoms with Crippen LogP contribution < -0.4 is 5.56 Å². The molecule has 2 aromatic rings. The van der Waals surface area contributed by atoms with E-state index >= 15 is 0 Å². The van der Waals surface area contributed by atoms with Crippen molar-refractivity contribution in [3.8, 4) is 0 Å². The average molecular weight is 289 g/mol. The highest BCUT2D eigenvalue weighted by molar-refractivity contribution is 5.77. The second kappa shape index (κ2) is 5.93. The van der Waals surface area contributed by atoms with Gasteiger partial charge in [0.25, 0.3) is 5.56 Å². The number of aromatic nitrogens is 2. The smallest absolute Gasteiger partial charge is 0.261 e. The molecule has 0 N–H and O–H groups in total. The van der Waals surface area contributed by atoms with E-state index < -0.39 is 5.82 Å². The van der Waals surface area contributed by atoms with E-state index in [1.54, 1.807) is 16.7 Å². The van der Waals surface area contributed by atoms with Crippen molar-refractivity contribution >= 4 is 10.9 Å². The van der Waals surface area contributed by atoms with E-state index in [1.165, 1.54) is 12.4 Å². The van der Waals surface area contributed by atoms with Gasteiger partial charge in [-0.15, -0.1) is 0 Å². The summed E-state index contributed by atoms with van der Waals surface area (Å²) < 4.78 is 15.2. The van der Waals surface area contributed by atoms with Gasteiger partial charge < -0.3 is 4.90 Å². The molecule has 0 saturated carbocycles. The molecule has 5 heteroatoms. The van der Waals surface area contributed by atoms with Gasteiger partial charge in [0.2, 0.25) is 0 Å². The fraction of sp³-hybridized carbons (Fsp3) is 0.500. The van der Waals surface area contributed by atoms with Crippen LogP contribution in [0.5, 0.6) is 0 Å². The van der Waals surface area contributed by atoms with Crippen LogP contribution in [-0.2, 0) is 6.54 Å². The van der Waals surface area contributed by atoms with Crippen LogP contribution in [0.4, 0.5) is 4.39 Å². The van der Waals surface area contributed by atoms with Crippen LogP contribution in [0.3, 0.4) is 0 Å². The number of hydrogen-bond acceptors (Lipinski definition) is 3. The van der Waals surface area contributed by atoms with Gasteiger partial charge >= 0.3 is 0 Å². The van der Waals surface area contributed by atoms with Crippen molar-refractivity contribution in [2.45, 2.75) is 26.3 Å². The Morgan fingerprint density at radius 2 is 2.29 bits per heavy atom. The normalized spacial score (nSPS) is 19.4. The molecule has 1 atom stereocenters. The Balaban J connectivity index is 1.82. The first-order valence-electron chi connectivity index (χ1n) is 7.55. The second-order valence-electron chi connectivity index (χ2n) is 5.79. The van der Waals surface area contributed by atoms with Gasteiger partial charge in [0, 0.05) is 13.1 Å². The predicted octanol–water partition coefficient (Wildman–Crippen LogP) is 2.27. The number of halogens is 1. The lowest BCUT2D eigenvalue weighted by molar-refractivity contribution is 0.316. The van der Waals surface area contributed by atoms with Crippen molar-refractivity contribution in [2.75, 3.05) is 19.6 Å². The molecule has 1 aromatic heterocycles. The average Bonchev–Trinajstić information content (AvgIpc) is 2.90. The van der Waals surface area contributed by atoms with Gasteiger partial charge in [0.1, 0.15) is 11.3 Å². The van der Waals surface area contributed by atoms with Gasteiger partial charge in [-0.1, -0.05) is 13.0 Å². The molecule has 1 saturated heterocycles. The highest BCUT2D eigenvalue weighted by atomic mass is 19.1. The molecule has 2 heterocycles. The maximum absolute atomic E-state index is 13.6. The topological polar surface area (TPSA) is 38.1 Å². The quantitative estimate of drug-likeness (QED) is 0.866. The zero-order valence-electron chi connectivity index (χ0n) is 12.3. The lowest BCUT2D eigenvalue weighted by Crippen LogP contribution is -2.27. The summed E-state index contributed by atoms with van der Waals surface area (Å²) in [6.45, 7) is 6.09. The number of nitrogens with zero attached hydrogens (tertiary/aromatic N) is 3. The maximum Gasteiger partial charge on any atom is 0.261 e. The van der Waals surface area contributed by atoms with Crippen LogP contribution in [-0.4, -0.2) is 34.1 Å². The Hall–Kier alpha value is -1.75. The van der Waals surface area contributed by atoms with Crippen LogP contribution in [0.2, 0.25) is 0 Å². The van der Waals surface area contributed by atoms with Gasteiger partial charge in [-0.3, -0.25) is 9.36 Å². The molecule has 0 radical (unpaired) electrons. The molecule has 0 aliphatic carbocycles. The summed E-state index contributed by atoms with van der Waals surface area (Å²) in [6, 6.07) is 4.53. The molecule has 0 spiro atoms. The van der Waals surface area contributed by atoms with Crippen LogP contribution in [0.25, 0.3) is 10.9 Å². The maximum atomic E-state index is 13.6. The van der Waals surface area contributed by atoms with Crippen molar-refractivity contribution in [1.29, 1.82) is 0 Å². The summed E-state index contributed by atoms with van der Waals surface area (Å²) >= 11 is 0. The minimum Gasteiger partial charge on any atom is -0.303 e. The Morgan fingerprint density at radius 3 is 3.10 bits per heavy atom. The van der Waals surface area contributed by atoms with E-state index in [2.05, 4.69) is 16.8 Å². The zero-order chi connectivity index (χ0) is 14.8. The van der Waals surface area contributed by atoms with Gasteiger partial charge in [0.05, 0.1) is 11.7 Å². The predicted molar refractivity (Wildman–Crippen MR) is 80.8 cm³/mol. The number of fused-ring (bicyclic) bond motifs is 1. The van der Waals surface area contributed by atoms with Crippen LogP contribution in [0.1, 0.15) is 19.8 Å². The number of para-hydroxylation sites is 1. The molecular weight excluding hydrogens is 269 g/mol. The molecule has 0 unspecified atom stereocenters. The fourth-order valence-electron chi connectivity index (χ4n) is 3.14. The van der Waals surface area contributed by atoms with Crippen LogP contribution in [0.15, 0.2) is 29.3 Å². The van der Waals surface area contributed by atoms with E-state index in [9.17, 15) is 9.18 Å². The monoisotopic (exact) mass is 289 g/mol. The highest BCUT2D eigenvalue weighted by Crippen LogP contribution is 2.18. The third-order valence-electron chi connectivity index (χ3n) is 4.17.